The van der Waals surface area contributed by atoms with E-state index in [2.05, 4.69) is 10.1 Å². The molecular weight excluding hydrogens is 140 g/mol. The molecule has 0 saturated heterocycles. The van der Waals surface area contributed by atoms with Gasteiger partial charge in [0.25, 0.3) is 0 Å². The number of nitrogens with zero attached hydrogens (tertiary/aromatic N) is 3. The van der Waals surface area contributed by atoms with Crippen molar-refractivity contribution in [3.05, 3.63) is 10.4 Å². The maximum Gasteiger partial charge on any atom is 0.351 e. The van der Waals surface area contributed by atoms with Crippen molar-refractivity contribution in [2.75, 3.05) is 6.61 Å². The number of nitrogens with one attached hydrogen (secondary N) is 1. The SMILES string of the molecule is [N-]=[N+]=NN[C@@H](CO)C(=O)O. The summed E-state index contributed by atoms with van der Waals surface area (Å²) in [6.07, 6.45) is 0. The quantitative estimate of drug-likeness (QED) is 0.209. The molecule has 0 unspecified atom stereocenters. The van der Waals surface area contributed by atoms with Crippen LogP contribution in [0.1, 0.15) is 0 Å². The Morgan fingerprint density at radius 2 is 2.50 bits per heavy atom. The molecule has 1 atom stereocenters. The van der Waals surface area contributed by atoms with E-state index in [0.717, 1.165) is 0 Å². The lowest BCUT2D eigenvalue weighted by atomic mass is 10.3. The van der Waals surface area contributed by atoms with E-state index < -0.39 is 18.6 Å². The summed E-state index contributed by atoms with van der Waals surface area (Å²) >= 11 is 0. The van der Waals surface area contributed by atoms with Crippen molar-refractivity contribution in [3.8, 4) is 0 Å². The van der Waals surface area contributed by atoms with Gasteiger partial charge in [0, 0.05) is 0 Å². The zero-order chi connectivity index (χ0) is 7.98. The second-order valence-electron chi connectivity index (χ2n) is 1.39. The third-order valence-corrected chi connectivity index (χ3v) is 0.739. The van der Waals surface area contributed by atoms with Crippen LogP contribution in [0.25, 0.3) is 10.4 Å². The van der Waals surface area contributed by atoms with E-state index in [1.54, 1.807) is 0 Å². The number of aliphatic hydroxyl groups is 1. The van der Waals surface area contributed by atoms with Gasteiger partial charge in [-0.1, -0.05) is 0 Å². The molecule has 3 N–H and O–H groups in total. The molecule has 0 bridgehead atoms. The lowest BCUT2D eigenvalue weighted by Gasteiger charge is -2.01. The smallest absolute Gasteiger partial charge is 0.351 e. The van der Waals surface area contributed by atoms with E-state index in [-0.39, 0.29) is 0 Å². The first-order valence-electron chi connectivity index (χ1n) is 2.35. The molecule has 0 aliphatic heterocycles. The van der Waals surface area contributed by atoms with E-state index in [4.69, 9.17) is 15.7 Å². The van der Waals surface area contributed by atoms with Crippen LogP contribution >= 0.6 is 0 Å². The zero-order valence-corrected chi connectivity index (χ0v) is 4.93. The molecule has 0 aromatic heterocycles. The highest BCUT2D eigenvalue weighted by Gasteiger charge is 2.16. The largest absolute Gasteiger partial charge is 0.478 e. The van der Waals surface area contributed by atoms with Gasteiger partial charge in [0.2, 0.25) is 6.04 Å². The second kappa shape index (κ2) is 4.42. The fourth-order valence-electron chi connectivity index (χ4n) is 0.270. The molecule has 0 aliphatic rings. The summed E-state index contributed by atoms with van der Waals surface area (Å²) < 4.78 is 0. The van der Waals surface area contributed by atoms with Crippen LogP contribution in [0.15, 0.2) is 5.22 Å². The number of carbonyl (C=O) groups is 1. The van der Waals surface area contributed by atoms with Gasteiger partial charge in [-0.3, -0.25) is 0 Å². The van der Waals surface area contributed by atoms with Crippen molar-refractivity contribution < 1.29 is 15.0 Å². The Labute approximate surface area is 55.9 Å². The first-order valence-corrected chi connectivity index (χ1v) is 2.35. The lowest BCUT2D eigenvalue weighted by molar-refractivity contribution is -0.140. The van der Waals surface area contributed by atoms with Crippen molar-refractivity contribution >= 4 is 5.97 Å². The molecule has 10 heavy (non-hydrogen) atoms. The fraction of sp³-hybridized carbons (Fsp3) is 0.667. The highest BCUT2D eigenvalue weighted by atomic mass is 16.4. The summed E-state index contributed by atoms with van der Waals surface area (Å²) in [5.74, 6) is -1.27. The minimum atomic E-state index is -1.27. The Morgan fingerprint density at radius 1 is 1.90 bits per heavy atom. The molecule has 0 radical (unpaired) electrons. The third kappa shape index (κ3) is 2.75. The van der Waals surface area contributed by atoms with E-state index in [0.29, 0.717) is 0 Å². The van der Waals surface area contributed by atoms with Gasteiger partial charge in [-0.15, -0.1) is 5.53 Å². The molecule has 56 valence electrons. The van der Waals surface area contributed by atoms with E-state index in [1.165, 1.54) is 0 Å². The minimum Gasteiger partial charge on any atom is -0.478 e. The molecule has 7 nitrogen and oxygen atoms in total. The Hall–Kier alpha value is -1.46. The first-order chi connectivity index (χ1) is 4.72. The number of hydrogen-bond acceptors (Lipinski definition) is 3. The number of carboxylic acid groups (broad SMARTS) is 1. The molecule has 7 heteroatoms. The normalized spacial score (nSPS) is 11.3. The number of hydrogen-bond donors (Lipinski definition) is 3. The number of aliphatic carboxylic acids is 1. The van der Waals surface area contributed by atoms with Crippen LogP contribution in [-0.2, 0) is 4.79 Å². The molecule has 0 heterocycles. The predicted octanol–water partition coefficient (Wildman–Crippen LogP) is -0.753. The van der Waals surface area contributed by atoms with Crippen LogP contribution in [0.4, 0.5) is 0 Å². The van der Waals surface area contributed by atoms with Crippen LogP contribution in [0, 0.1) is 0 Å². The fourth-order valence-corrected chi connectivity index (χ4v) is 0.270. The van der Waals surface area contributed by atoms with Crippen molar-refractivity contribution in [2.24, 2.45) is 5.22 Å². The molecular formula is C3H6N4O3. The lowest BCUT2D eigenvalue weighted by Crippen LogP contribution is -2.36. The monoisotopic (exact) mass is 146 g/mol. The van der Waals surface area contributed by atoms with Gasteiger partial charge in [-0.25, -0.2) is 10.2 Å². The molecule has 0 aliphatic carbocycles. The Kier molecular flexibility index (Phi) is 3.78. The van der Waals surface area contributed by atoms with Crippen LogP contribution in [0.2, 0.25) is 0 Å². The molecule has 0 aromatic rings. The van der Waals surface area contributed by atoms with Crippen molar-refractivity contribution in [3.63, 3.8) is 0 Å². The Balaban J connectivity index is 3.82. The van der Waals surface area contributed by atoms with Gasteiger partial charge in [-0.05, 0) is 5.22 Å². The summed E-state index contributed by atoms with van der Waals surface area (Å²) in [5, 5.41) is 19.2. The van der Waals surface area contributed by atoms with Crippen molar-refractivity contribution in [1.29, 1.82) is 0 Å². The molecule has 0 amide bonds. The summed E-state index contributed by atoms with van der Waals surface area (Å²) in [6, 6.07) is -1.23. The minimum absolute atomic E-state index is 0.617. The first kappa shape index (κ1) is 8.54. The number of carboxylic acids is 1. The topological polar surface area (TPSA) is 118 Å². The van der Waals surface area contributed by atoms with Gasteiger partial charge in [0.15, 0.2) is 0 Å². The van der Waals surface area contributed by atoms with Gasteiger partial charge in [0.1, 0.15) is 0 Å². The molecule has 0 saturated carbocycles. The van der Waals surface area contributed by atoms with Crippen LogP contribution < -0.4 is 5.43 Å². The maximum absolute atomic E-state index is 10.0. The standard InChI is InChI=1S/C3H6N4O3/c4-6-7-5-2(1-8)3(9)10/h2,5,8H,1H2,(H,9,10)/t2-/m0/s1. The van der Waals surface area contributed by atoms with Gasteiger partial charge < -0.3 is 10.2 Å². The van der Waals surface area contributed by atoms with Gasteiger partial charge >= 0.3 is 5.97 Å². The van der Waals surface area contributed by atoms with Crippen LogP contribution in [0.5, 0.6) is 0 Å². The Morgan fingerprint density at radius 3 is 2.80 bits per heavy atom. The highest BCUT2D eigenvalue weighted by molar-refractivity contribution is 5.73. The number of azide groups is 1. The molecule has 0 aromatic carbocycles. The van der Waals surface area contributed by atoms with Crippen LogP contribution in [0.3, 0.4) is 0 Å². The van der Waals surface area contributed by atoms with E-state index in [9.17, 15) is 4.79 Å². The summed E-state index contributed by atoms with van der Waals surface area (Å²) in [7, 11) is 0. The van der Waals surface area contributed by atoms with Gasteiger partial charge in [0.05, 0.1) is 6.61 Å². The third-order valence-electron chi connectivity index (χ3n) is 0.739. The van der Waals surface area contributed by atoms with Crippen LogP contribution in [-0.4, -0.2) is 28.8 Å². The molecule has 0 fully saturated rings. The summed E-state index contributed by atoms with van der Waals surface area (Å²) in [4.78, 5) is 12.3. The summed E-state index contributed by atoms with van der Waals surface area (Å²) in [6.45, 7) is -0.617. The van der Waals surface area contributed by atoms with Crippen molar-refractivity contribution in [2.45, 2.75) is 6.04 Å². The average Bonchev–Trinajstić information content (AvgIpc) is 1.89. The highest BCUT2D eigenvalue weighted by Crippen LogP contribution is 1.80. The number of rotatable bonds is 4. The van der Waals surface area contributed by atoms with E-state index >= 15 is 0 Å². The predicted molar refractivity (Wildman–Crippen MR) is 30.8 cm³/mol. The number of aliphatic hydroxyl groups excluding tert-OH is 1. The van der Waals surface area contributed by atoms with Gasteiger partial charge in [-0.2, -0.15) is 4.91 Å². The zero-order valence-electron chi connectivity index (χ0n) is 4.93. The second-order valence-corrected chi connectivity index (χ2v) is 1.39. The molecule has 0 rings (SSSR count). The van der Waals surface area contributed by atoms with E-state index in [1.807, 2.05) is 5.43 Å². The summed E-state index contributed by atoms with van der Waals surface area (Å²) in [5.41, 5.74) is 9.59. The average molecular weight is 146 g/mol. The molecule has 0 spiro atoms. The van der Waals surface area contributed by atoms with Crippen molar-refractivity contribution in [1.82, 2.24) is 5.43 Å². The Bertz CT molecular complexity index is 163. The maximum atomic E-state index is 10.0.